The molecule has 0 bridgehead atoms. The number of hydrogen-bond donors (Lipinski definition) is 2. The molecule has 5 heteroatoms. The highest BCUT2D eigenvalue weighted by Crippen LogP contribution is 2.27. The third kappa shape index (κ3) is 3.58. The van der Waals surface area contributed by atoms with Crippen molar-refractivity contribution >= 4 is 6.03 Å². The second-order valence-corrected chi connectivity index (χ2v) is 6.68. The summed E-state index contributed by atoms with van der Waals surface area (Å²) in [5.74, 6) is -0.269. The predicted molar refractivity (Wildman–Crippen MR) is 84.1 cm³/mol. The van der Waals surface area contributed by atoms with Crippen molar-refractivity contribution in [3.8, 4) is 0 Å². The Morgan fingerprint density at radius 2 is 2.18 bits per heavy atom. The summed E-state index contributed by atoms with van der Waals surface area (Å²) in [6.07, 6.45) is 1.68. The Hall–Kier alpha value is -1.62. The Bertz CT molecular complexity index is 554. The number of carbonyl (C=O) groups is 1. The molecule has 2 N–H and O–H groups in total. The van der Waals surface area contributed by atoms with Gasteiger partial charge in [0.15, 0.2) is 0 Å². The molecule has 122 valence electrons. The highest BCUT2D eigenvalue weighted by Gasteiger charge is 2.38. The minimum absolute atomic E-state index is 0.186. The van der Waals surface area contributed by atoms with E-state index >= 15 is 0 Å². The van der Waals surface area contributed by atoms with Crippen LogP contribution >= 0.6 is 0 Å². The van der Waals surface area contributed by atoms with Crippen LogP contribution in [-0.2, 0) is 0 Å². The van der Waals surface area contributed by atoms with E-state index < -0.39 is 5.60 Å². The Morgan fingerprint density at radius 1 is 1.50 bits per heavy atom. The van der Waals surface area contributed by atoms with Crippen LogP contribution in [0.1, 0.15) is 50.8 Å². The van der Waals surface area contributed by atoms with Crippen molar-refractivity contribution in [1.29, 1.82) is 0 Å². The van der Waals surface area contributed by atoms with Crippen molar-refractivity contribution in [2.45, 2.75) is 58.2 Å². The van der Waals surface area contributed by atoms with Gasteiger partial charge in [0.05, 0.1) is 17.7 Å². The maximum Gasteiger partial charge on any atom is 0.318 e. The Balaban J connectivity index is 2.06. The molecule has 0 spiro atoms. The van der Waals surface area contributed by atoms with Gasteiger partial charge in [0.25, 0.3) is 0 Å². The van der Waals surface area contributed by atoms with Crippen LogP contribution in [0.2, 0.25) is 0 Å². The molecule has 1 heterocycles. The Morgan fingerprint density at radius 3 is 2.77 bits per heavy atom. The zero-order valence-electron chi connectivity index (χ0n) is 13.7. The molecule has 1 saturated heterocycles. The third-order valence-corrected chi connectivity index (χ3v) is 4.37. The molecule has 0 radical (unpaired) electrons. The van der Waals surface area contributed by atoms with Crippen molar-refractivity contribution in [3.63, 3.8) is 0 Å². The van der Waals surface area contributed by atoms with Gasteiger partial charge >= 0.3 is 6.03 Å². The zero-order chi connectivity index (χ0) is 16.5. The Labute approximate surface area is 131 Å². The van der Waals surface area contributed by atoms with E-state index in [4.69, 9.17) is 0 Å². The molecular weight excluding hydrogens is 283 g/mol. The summed E-state index contributed by atoms with van der Waals surface area (Å²) < 4.78 is 13.6. The molecule has 1 aromatic rings. The smallest absolute Gasteiger partial charge is 0.318 e. The fourth-order valence-electron chi connectivity index (χ4n) is 2.97. The molecular formula is C17H25FN2O2. The summed E-state index contributed by atoms with van der Waals surface area (Å²) in [7, 11) is 0. The molecule has 0 saturated carbocycles. The van der Waals surface area contributed by atoms with Gasteiger partial charge in [-0.3, -0.25) is 0 Å². The number of urea groups is 1. The van der Waals surface area contributed by atoms with Crippen molar-refractivity contribution in [1.82, 2.24) is 10.2 Å². The number of benzene rings is 1. The lowest BCUT2D eigenvalue weighted by atomic mass is 9.97. The molecule has 0 aliphatic carbocycles. The fourth-order valence-corrected chi connectivity index (χ4v) is 2.97. The predicted octanol–water partition coefficient (Wildman–Crippen LogP) is 3.14. The van der Waals surface area contributed by atoms with Gasteiger partial charge in [-0.2, -0.15) is 0 Å². The number of carbonyl (C=O) groups excluding carboxylic acids is 1. The molecule has 4 nitrogen and oxygen atoms in total. The molecule has 2 amide bonds. The average molecular weight is 308 g/mol. The first-order valence-electron chi connectivity index (χ1n) is 7.75. The van der Waals surface area contributed by atoms with Gasteiger partial charge in [-0.05, 0) is 57.7 Å². The summed E-state index contributed by atoms with van der Waals surface area (Å²) in [4.78, 5) is 14.1. The van der Waals surface area contributed by atoms with E-state index in [1.807, 2.05) is 13.0 Å². The second-order valence-electron chi connectivity index (χ2n) is 6.68. The number of aryl methyl sites for hydroxylation is 1. The fraction of sp³-hybridized carbons (Fsp3) is 0.588. The van der Waals surface area contributed by atoms with Crippen LogP contribution in [0.15, 0.2) is 18.2 Å². The monoisotopic (exact) mass is 308 g/mol. The van der Waals surface area contributed by atoms with Gasteiger partial charge < -0.3 is 15.3 Å². The van der Waals surface area contributed by atoms with Crippen LogP contribution in [0.3, 0.4) is 0 Å². The maximum atomic E-state index is 13.6. The molecule has 0 unspecified atom stereocenters. The number of hydrogen-bond acceptors (Lipinski definition) is 2. The third-order valence-electron chi connectivity index (χ3n) is 4.37. The van der Waals surface area contributed by atoms with Crippen molar-refractivity contribution in [2.75, 3.05) is 6.54 Å². The van der Waals surface area contributed by atoms with E-state index in [-0.39, 0.29) is 23.9 Å². The lowest BCUT2D eigenvalue weighted by Gasteiger charge is -2.34. The van der Waals surface area contributed by atoms with Crippen LogP contribution in [-0.4, -0.2) is 34.2 Å². The lowest BCUT2D eigenvalue weighted by molar-refractivity contribution is 0.00951. The molecule has 2 rings (SSSR count). The first-order chi connectivity index (χ1) is 10.2. The van der Waals surface area contributed by atoms with Crippen molar-refractivity contribution < 1.29 is 14.3 Å². The van der Waals surface area contributed by atoms with Gasteiger partial charge in [-0.25, -0.2) is 9.18 Å². The highest BCUT2D eigenvalue weighted by atomic mass is 19.1. The largest absolute Gasteiger partial charge is 0.388 e. The van der Waals surface area contributed by atoms with Crippen LogP contribution in [0.4, 0.5) is 9.18 Å². The van der Waals surface area contributed by atoms with E-state index in [0.29, 0.717) is 12.1 Å². The summed E-state index contributed by atoms with van der Waals surface area (Å²) >= 11 is 0. The molecule has 2 atom stereocenters. The van der Waals surface area contributed by atoms with E-state index in [1.165, 1.54) is 6.07 Å². The number of halogens is 1. The van der Waals surface area contributed by atoms with Crippen LogP contribution in [0.25, 0.3) is 0 Å². The van der Waals surface area contributed by atoms with Gasteiger partial charge in [-0.15, -0.1) is 0 Å². The normalized spacial score (nSPS) is 20.1. The number of nitrogens with zero attached hydrogens (tertiary/aromatic N) is 1. The van der Waals surface area contributed by atoms with E-state index in [0.717, 1.165) is 18.4 Å². The van der Waals surface area contributed by atoms with E-state index in [9.17, 15) is 14.3 Å². The molecule has 0 aromatic heterocycles. The minimum atomic E-state index is -0.924. The van der Waals surface area contributed by atoms with Crippen molar-refractivity contribution in [3.05, 3.63) is 35.1 Å². The number of likely N-dealkylation sites (tertiary alicyclic amines) is 1. The van der Waals surface area contributed by atoms with Gasteiger partial charge in [-0.1, -0.05) is 12.1 Å². The number of amides is 2. The van der Waals surface area contributed by atoms with Crippen LogP contribution in [0.5, 0.6) is 0 Å². The number of rotatable bonds is 3. The average Bonchev–Trinajstić information content (AvgIpc) is 2.91. The molecule has 1 fully saturated rings. The topological polar surface area (TPSA) is 52.6 Å². The van der Waals surface area contributed by atoms with Crippen molar-refractivity contribution in [2.24, 2.45) is 0 Å². The van der Waals surface area contributed by atoms with Gasteiger partial charge in [0, 0.05) is 6.54 Å². The quantitative estimate of drug-likeness (QED) is 0.901. The second kappa shape index (κ2) is 6.24. The Kier molecular flexibility index (Phi) is 4.75. The molecule has 1 aliphatic rings. The minimum Gasteiger partial charge on any atom is -0.388 e. The molecule has 22 heavy (non-hydrogen) atoms. The lowest BCUT2D eigenvalue weighted by Crippen LogP contribution is -2.51. The summed E-state index contributed by atoms with van der Waals surface area (Å²) in [5.41, 5.74) is 0.395. The molecule has 1 aliphatic heterocycles. The van der Waals surface area contributed by atoms with Crippen LogP contribution in [0, 0.1) is 12.7 Å². The summed E-state index contributed by atoms with van der Waals surface area (Å²) in [6, 6.07) is 4.31. The first kappa shape index (κ1) is 16.7. The number of aliphatic hydroxyl groups is 1. The van der Waals surface area contributed by atoms with E-state index in [1.54, 1.807) is 31.7 Å². The van der Waals surface area contributed by atoms with Crippen LogP contribution < -0.4 is 5.32 Å². The maximum absolute atomic E-state index is 13.6. The van der Waals surface area contributed by atoms with Gasteiger partial charge in [0.1, 0.15) is 5.82 Å². The zero-order valence-corrected chi connectivity index (χ0v) is 13.7. The standard InChI is InChI=1S/C17H25FN2O2/c1-11-7-8-13(10-14(11)18)12(2)19-16(21)20-9-5-6-15(20)17(3,4)22/h7-8,10,12,15,22H,5-6,9H2,1-4H3,(H,19,21)/t12-,15-/m0/s1. The van der Waals surface area contributed by atoms with E-state index in [2.05, 4.69) is 5.32 Å². The number of nitrogens with one attached hydrogen (secondary N) is 1. The molecule has 1 aromatic carbocycles. The van der Waals surface area contributed by atoms with Gasteiger partial charge in [0.2, 0.25) is 0 Å². The SMILES string of the molecule is Cc1ccc([C@H](C)NC(=O)N2CCC[C@H]2C(C)(C)O)cc1F. The summed E-state index contributed by atoms with van der Waals surface area (Å²) in [5, 5.41) is 13.1. The summed E-state index contributed by atoms with van der Waals surface area (Å²) in [6.45, 7) is 7.62. The first-order valence-corrected chi connectivity index (χ1v) is 7.75. The highest BCUT2D eigenvalue weighted by molar-refractivity contribution is 5.75.